The van der Waals surface area contributed by atoms with Crippen molar-refractivity contribution in [2.75, 3.05) is 6.61 Å². The highest BCUT2D eigenvalue weighted by Gasteiger charge is 2.39. The first-order chi connectivity index (χ1) is 13.8. The van der Waals surface area contributed by atoms with Crippen LogP contribution in [-0.4, -0.2) is 38.1 Å². The predicted molar refractivity (Wildman–Crippen MR) is 109 cm³/mol. The Bertz CT molecular complexity index is 909. The molecule has 2 aromatic rings. The topological polar surface area (TPSA) is 82.1 Å². The van der Waals surface area contributed by atoms with E-state index >= 15 is 0 Å². The maximum Gasteiger partial charge on any atom is 0.297 e. The molecule has 1 aliphatic heterocycles. The molecule has 1 heterocycles. The summed E-state index contributed by atoms with van der Waals surface area (Å²) >= 11 is 0. The molecular weight excluding hydrogens is 392 g/mol. The molecule has 0 amide bonds. The number of aliphatic hydroxyl groups excluding tert-OH is 1. The van der Waals surface area contributed by atoms with Gasteiger partial charge in [0, 0.05) is 0 Å². The number of hydrogen-bond donors (Lipinski definition) is 1. The molecule has 6 nitrogen and oxygen atoms in total. The summed E-state index contributed by atoms with van der Waals surface area (Å²) in [7, 11) is -3.97. The Balaban J connectivity index is 1.74. The fourth-order valence-corrected chi connectivity index (χ4v) is 4.19. The van der Waals surface area contributed by atoms with E-state index in [4.69, 9.17) is 13.7 Å². The highest BCUT2D eigenvalue weighted by atomic mass is 32.2. The molecule has 2 unspecified atom stereocenters. The third kappa shape index (κ3) is 5.98. The molecule has 0 bridgehead atoms. The van der Waals surface area contributed by atoms with Crippen LogP contribution in [0.5, 0.6) is 0 Å². The van der Waals surface area contributed by atoms with Crippen LogP contribution in [0.1, 0.15) is 31.9 Å². The predicted octanol–water partition coefficient (Wildman–Crippen LogP) is 3.59. The molecule has 1 aliphatic rings. The minimum absolute atomic E-state index is 0.0801. The molecule has 29 heavy (non-hydrogen) atoms. The summed E-state index contributed by atoms with van der Waals surface area (Å²) in [4.78, 5) is 0.0801. The van der Waals surface area contributed by atoms with E-state index in [-0.39, 0.29) is 17.9 Å². The van der Waals surface area contributed by atoms with Crippen LogP contribution in [0.2, 0.25) is 0 Å². The molecule has 2 aromatic carbocycles. The van der Waals surface area contributed by atoms with E-state index in [2.05, 4.69) is 0 Å². The van der Waals surface area contributed by atoms with E-state index in [9.17, 15) is 13.5 Å². The van der Waals surface area contributed by atoms with Crippen LogP contribution in [0, 0.1) is 0 Å². The van der Waals surface area contributed by atoms with Crippen LogP contribution in [-0.2, 0) is 23.8 Å². The van der Waals surface area contributed by atoms with Crippen molar-refractivity contribution in [2.45, 2.75) is 49.3 Å². The van der Waals surface area contributed by atoms with Crippen molar-refractivity contribution in [1.82, 2.24) is 0 Å². The highest BCUT2D eigenvalue weighted by molar-refractivity contribution is 7.86. The number of ether oxygens (including phenoxy) is 2. The van der Waals surface area contributed by atoms with Gasteiger partial charge in [0.15, 0.2) is 5.79 Å². The van der Waals surface area contributed by atoms with Crippen molar-refractivity contribution >= 4 is 10.1 Å². The van der Waals surface area contributed by atoms with Gasteiger partial charge in [-0.15, -0.1) is 0 Å². The van der Waals surface area contributed by atoms with E-state index in [0.717, 1.165) is 5.56 Å². The average Bonchev–Trinajstić information content (AvgIpc) is 3.08. The second kappa shape index (κ2) is 9.19. The lowest BCUT2D eigenvalue weighted by Gasteiger charge is -2.23. The second-order valence-electron chi connectivity index (χ2n) is 7.29. The SMILES string of the molecule is CC1(C)OC[C@H](C(C/C=C\C(O)c2ccccc2)OS(=O)(=O)c2ccccc2)O1. The minimum Gasteiger partial charge on any atom is -0.384 e. The molecule has 7 heteroatoms. The third-order valence-electron chi connectivity index (χ3n) is 4.56. The summed E-state index contributed by atoms with van der Waals surface area (Å²) in [5, 5.41) is 10.3. The van der Waals surface area contributed by atoms with Crippen LogP contribution < -0.4 is 0 Å². The first-order valence-corrected chi connectivity index (χ1v) is 10.9. The number of benzene rings is 2. The zero-order valence-corrected chi connectivity index (χ0v) is 17.3. The fraction of sp³-hybridized carbons (Fsp3) is 0.364. The molecule has 1 fully saturated rings. The standard InChI is InChI=1S/C22H26O6S/c1-22(2)26-16-21(27-22)20(28-29(24,25)18-12-7-4-8-13-18)15-9-14-19(23)17-10-5-3-6-11-17/h3-14,19-21,23H,15-16H2,1-2H3/b14-9-/t19?,20?,21-/m1/s1. The van der Waals surface area contributed by atoms with Gasteiger partial charge >= 0.3 is 0 Å². The van der Waals surface area contributed by atoms with Gasteiger partial charge in [-0.05, 0) is 38.0 Å². The Morgan fingerprint density at radius 3 is 2.34 bits per heavy atom. The van der Waals surface area contributed by atoms with E-state index in [1.54, 1.807) is 44.2 Å². The lowest BCUT2D eigenvalue weighted by molar-refractivity contribution is -0.148. The van der Waals surface area contributed by atoms with Gasteiger partial charge in [-0.25, -0.2) is 0 Å². The van der Waals surface area contributed by atoms with Gasteiger partial charge in [-0.1, -0.05) is 60.7 Å². The summed E-state index contributed by atoms with van der Waals surface area (Å²) in [6.45, 7) is 3.76. The van der Waals surface area contributed by atoms with Crippen molar-refractivity contribution in [3.05, 3.63) is 78.4 Å². The van der Waals surface area contributed by atoms with Crippen molar-refractivity contribution in [2.24, 2.45) is 0 Å². The van der Waals surface area contributed by atoms with Gasteiger partial charge in [0.05, 0.1) is 17.6 Å². The highest BCUT2D eigenvalue weighted by Crippen LogP contribution is 2.29. The number of rotatable bonds is 8. The molecule has 3 rings (SSSR count). The summed E-state index contributed by atoms with van der Waals surface area (Å²) in [6.07, 6.45) is 1.42. The first-order valence-electron chi connectivity index (χ1n) is 9.47. The van der Waals surface area contributed by atoms with Gasteiger partial charge < -0.3 is 14.6 Å². The molecule has 0 aromatic heterocycles. The van der Waals surface area contributed by atoms with Crippen molar-refractivity contribution in [3.63, 3.8) is 0 Å². The van der Waals surface area contributed by atoms with Gasteiger partial charge in [-0.2, -0.15) is 8.42 Å². The quantitative estimate of drug-likeness (QED) is 0.521. The largest absolute Gasteiger partial charge is 0.384 e. The third-order valence-corrected chi connectivity index (χ3v) is 5.91. The summed E-state index contributed by atoms with van der Waals surface area (Å²) in [5.74, 6) is -0.809. The van der Waals surface area contributed by atoms with Crippen LogP contribution >= 0.6 is 0 Å². The van der Waals surface area contributed by atoms with E-state index < -0.39 is 34.2 Å². The van der Waals surface area contributed by atoms with Gasteiger partial charge in [0.25, 0.3) is 10.1 Å². The smallest absolute Gasteiger partial charge is 0.297 e. The van der Waals surface area contributed by atoms with Crippen LogP contribution in [0.25, 0.3) is 0 Å². The molecule has 0 spiro atoms. The molecule has 156 valence electrons. The zero-order chi connectivity index (χ0) is 20.9. The molecular formula is C22H26O6S. The van der Waals surface area contributed by atoms with Crippen LogP contribution in [0.4, 0.5) is 0 Å². The average molecular weight is 419 g/mol. The van der Waals surface area contributed by atoms with Crippen molar-refractivity contribution in [3.8, 4) is 0 Å². The first kappa shape index (κ1) is 21.7. The number of hydrogen-bond acceptors (Lipinski definition) is 6. The zero-order valence-electron chi connectivity index (χ0n) is 16.5. The van der Waals surface area contributed by atoms with E-state index in [0.29, 0.717) is 0 Å². The minimum atomic E-state index is -3.97. The Morgan fingerprint density at radius 2 is 1.76 bits per heavy atom. The lowest BCUT2D eigenvalue weighted by atomic mass is 10.1. The Morgan fingerprint density at radius 1 is 1.14 bits per heavy atom. The van der Waals surface area contributed by atoms with Crippen molar-refractivity contribution in [1.29, 1.82) is 0 Å². The summed E-state index contributed by atoms with van der Waals surface area (Å²) in [6, 6.07) is 17.2. The molecule has 0 radical (unpaired) electrons. The maximum absolute atomic E-state index is 12.7. The Labute approximate surface area is 171 Å². The summed E-state index contributed by atoms with van der Waals surface area (Å²) in [5.41, 5.74) is 0.750. The molecule has 0 aliphatic carbocycles. The Kier molecular flexibility index (Phi) is 6.87. The number of aliphatic hydroxyl groups is 1. The molecule has 1 N–H and O–H groups in total. The normalized spacial score (nSPS) is 21.3. The fourth-order valence-electron chi connectivity index (χ4n) is 3.06. The van der Waals surface area contributed by atoms with Gasteiger partial charge in [-0.3, -0.25) is 4.18 Å². The van der Waals surface area contributed by atoms with E-state index in [1.165, 1.54) is 12.1 Å². The Hall–Kier alpha value is -2.03. The lowest BCUT2D eigenvalue weighted by Crippen LogP contribution is -2.34. The second-order valence-corrected chi connectivity index (χ2v) is 8.86. The maximum atomic E-state index is 12.7. The van der Waals surface area contributed by atoms with E-state index in [1.807, 2.05) is 30.3 Å². The van der Waals surface area contributed by atoms with Crippen molar-refractivity contribution < 1.29 is 27.2 Å². The summed E-state index contributed by atoms with van der Waals surface area (Å²) < 4.78 is 42.3. The van der Waals surface area contributed by atoms with Gasteiger partial charge in [0.2, 0.25) is 0 Å². The monoisotopic (exact) mass is 418 g/mol. The van der Waals surface area contributed by atoms with Crippen LogP contribution in [0.3, 0.4) is 0 Å². The van der Waals surface area contributed by atoms with Gasteiger partial charge in [0.1, 0.15) is 12.2 Å². The molecule has 0 saturated carbocycles. The molecule has 1 saturated heterocycles. The van der Waals surface area contributed by atoms with Crippen LogP contribution in [0.15, 0.2) is 77.7 Å². The molecule has 3 atom stereocenters.